The van der Waals surface area contributed by atoms with Gasteiger partial charge in [-0.2, -0.15) is 0 Å². The zero-order chi connectivity index (χ0) is 13.7. The average molecular weight is 263 g/mol. The molecular weight excluding hydrogens is 242 g/mol. The molecule has 1 atom stereocenters. The van der Waals surface area contributed by atoms with Gasteiger partial charge < -0.3 is 15.8 Å². The average Bonchev–Trinajstić information content (AvgIpc) is 2.40. The number of carbonyl (C=O) groups excluding carboxylic acids is 1. The van der Waals surface area contributed by atoms with Crippen molar-refractivity contribution in [3.05, 3.63) is 35.4 Å². The topological polar surface area (TPSA) is 67.6 Å². The third kappa shape index (κ3) is 3.76. The lowest BCUT2D eigenvalue weighted by molar-refractivity contribution is -0.124. The molecule has 1 unspecified atom stereocenters. The third-order valence-corrected chi connectivity index (χ3v) is 3.37. The van der Waals surface area contributed by atoms with E-state index in [2.05, 4.69) is 22.3 Å². The number of primary amides is 1. The number of nitrogens with two attached hydrogens (primary N) is 1. The maximum atomic E-state index is 11.4. The highest BCUT2D eigenvalue weighted by Crippen LogP contribution is 2.12. The summed E-state index contributed by atoms with van der Waals surface area (Å²) < 4.78 is 5.13. The molecule has 0 saturated carbocycles. The van der Waals surface area contributed by atoms with Crippen LogP contribution in [0.2, 0.25) is 0 Å². The molecule has 0 bridgehead atoms. The van der Waals surface area contributed by atoms with Gasteiger partial charge in [-0.25, -0.2) is 0 Å². The molecule has 1 aliphatic heterocycles. The molecule has 1 aliphatic rings. The Labute approximate surface area is 113 Å². The zero-order valence-corrected chi connectivity index (χ0v) is 11.3. The van der Waals surface area contributed by atoms with Gasteiger partial charge in [-0.15, -0.1) is 0 Å². The van der Waals surface area contributed by atoms with Crippen molar-refractivity contribution in [3.63, 3.8) is 0 Å². The molecule has 1 amide bonds. The molecular formula is C14H21N3O2. The van der Waals surface area contributed by atoms with Gasteiger partial charge >= 0.3 is 0 Å². The fraction of sp³-hybridized carbons (Fsp3) is 0.500. The van der Waals surface area contributed by atoms with Crippen molar-refractivity contribution in [3.8, 4) is 0 Å². The van der Waals surface area contributed by atoms with Gasteiger partial charge in [-0.1, -0.05) is 24.3 Å². The Hall–Kier alpha value is -1.43. The Balaban J connectivity index is 2.06. The van der Waals surface area contributed by atoms with Crippen LogP contribution in [-0.4, -0.2) is 43.6 Å². The van der Waals surface area contributed by atoms with E-state index in [9.17, 15) is 4.79 Å². The minimum atomic E-state index is -0.264. The van der Waals surface area contributed by atoms with E-state index in [0.29, 0.717) is 13.2 Å². The Morgan fingerprint density at radius 2 is 2.32 bits per heavy atom. The first-order valence-electron chi connectivity index (χ1n) is 6.51. The monoisotopic (exact) mass is 263 g/mol. The Kier molecular flexibility index (Phi) is 4.90. The van der Waals surface area contributed by atoms with Crippen LogP contribution in [0.5, 0.6) is 0 Å². The van der Waals surface area contributed by atoms with E-state index in [1.807, 2.05) is 12.1 Å². The molecule has 5 nitrogen and oxygen atoms in total. The second kappa shape index (κ2) is 6.65. The molecule has 5 heteroatoms. The highest BCUT2D eigenvalue weighted by atomic mass is 16.5. The standard InChI is InChI=1S/C14H21N3O2/c1-19-10-12-4-2-3-11(7-12)9-17-6-5-16-8-13(17)14(15)18/h2-4,7,13,16H,5-6,8-10H2,1H3,(H2,15,18). The van der Waals surface area contributed by atoms with Crippen LogP contribution < -0.4 is 11.1 Å². The predicted molar refractivity (Wildman–Crippen MR) is 73.4 cm³/mol. The number of benzene rings is 1. The van der Waals surface area contributed by atoms with Crippen LogP contribution in [0.3, 0.4) is 0 Å². The number of piperazine rings is 1. The smallest absolute Gasteiger partial charge is 0.236 e. The summed E-state index contributed by atoms with van der Waals surface area (Å²) in [6.45, 7) is 3.71. The Morgan fingerprint density at radius 3 is 3.05 bits per heavy atom. The number of carbonyl (C=O) groups is 1. The molecule has 0 aliphatic carbocycles. The molecule has 0 aromatic heterocycles. The summed E-state index contributed by atoms with van der Waals surface area (Å²) in [5.74, 6) is -0.264. The molecule has 19 heavy (non-hydrogen) atoms. The number of methoxy groups -OCH3 is 1. The number of amides is 1. The van der Waals surface area contributed by atoms with Crippen molar-refractivity contribution in [2.24, 2.45) is 5.73 Å². The van der Waals surface area contributed by atoms with Crippen LogP contribution in [-0.2, 0) is 22.7 Å². The van der Waals surface area contributed by atoms with E-state index in [1.54, 1.807) is 7.11 Å². The van der Waals surface area contributed by atoms with Crippen LogP contribution in [0.4, 0.5) is 0 Å². The minimum Gasteiger partial charge on any atom is -0.380 e. The number of hydrogen-bond acceptors (Lipinski definition) is 4. The van der Waals surface area contributed by atoms with Gasteiger partial charge in [-0.05, 0) is 11.1 Å². The first kappa shape index (κ1) is 14.0. The van der Waals surface area contributed by atoms with Gasteiger partial charge in [0.05, 0.1) is 6.61 Å². The lowest BCUT2D eigenvalue weighted by Gasteiger charge is -2.34. The summed E-state index contributed by atoms with van der Waals surface area (Å²) in [5, 5.41) is 3.20. The first-order valence-corrected chi connectivity index (χ1v) is 6.51. The van der Waals surface area contributed by atoms with Gasteiger partial charge in [0.2, 0.25) is 5.91 Å². The molecule has 1 heterocycles. The van der Waals surface area contributed by atoms with Gasteiger partial charge in [0.15, 0.2) is 0 Å². The van der Waals surface area contributed by atoms with Crippen molar-refractivity contribution in [1.29, 1.82) is 0 Å². The summed E-state index contributed by atoms with van der Waals surface area (Å²) in [7, 11) is 1.69. The van der Waals surface area contributed by atoms with E-state index in [4.69, 9.17) is 10.5 Å². The normalized spacial score (nSPS) is 20.4. The van der Waals surface area contributed by atoms with Crippen LogP contribution in [0, 0.1) is 0 Å². The summed E-state index contributed by atoms with van der Waals surface area (Å²) in [6, 6.07) is 8.02. The third-order valence-electron chi connectivity index (χ3n) is 3.37. The van der Waals surface area contributed by atoms with Crippen LogP contribution in [0.15, 0.2) is 24.3 Å². The maximum absolute atomic E-state index is 11.4. The highest BCUT2D eigenvalue weighted by Gasteiger charge is 2.26. The van der Waals surface area contributed by atoms with E-state index in [0.717, 1.165) is 25.2 Å². The predicted octanol–water partition coefficient (Wildman–Crippen LogP) is 0.0921. The van der Waals surface area contributed by atoms with Crippen molar-refractivity contribution in [1.82, 2.24) is 10.2 Å². The molecule has 1 aromatic rings. The second-order valence-electron chi connectivity index (χ2n) is 4.85. The number of nitrogens with one attached hydrogen (secondary N) is 1. The van der Waals surface area contributed by atoms with Gasteiger partial charge in [0.1, 0.15) is 6.04 Å². The number of nitrogens with zero attached hydrogens (tertiary/aromatic N) is 1. The van der Waals surface area contributed by atoms with Crippen LogP contribution in [0.1, 0.15) is 11.1 Å². The molecule has 1 aromatic carbocycles. The van der Waals surface area contributed by atoms with Gasteiger partial charge in [0, 0.05) is 33.3 Å². The molecule has 104 valence electrons. The molecule has 3 N–H and O–H groups in total. The van der Waals surface area contributed by atoms with Crippen molar-refractivity contribution < 1.29 is 9.53 Å². The summed E-state index contributed by atoms with van der Waals surface area (Å²) in [5.41, 5.74) is 7.78. The lowest BCUT2D eigenvalue weighted by Crippen LogP contribution is -2.56. The Bertz CT molecular complexity index is 436. The highest BCUT2D eigenvalue weighted by molar-refractivity contribution is 5.80. The molecule has 0 radical (unpaired) electrons. The van der Waals surface area contributed by atoms with Crippen LogP contribution >= 0.6 is 0 Å². The van der Waals surface area contributed by atoms with E-state index < -0.39 is 0 Å². The van der Waals surface area contributed by atoms with E-state index in [-0.39, 0.29) is 11.9 Å². The fourth-order valence-corrected chi connectivity index (χ4v) is 2.44. The van der Waals surface area contributed by atoms with Crippen molar-refractivity contribution in [2.75, 3.05) is 26.7 Å². The molecule has 2 rings (SSSR count). The number of rotatable bonds is 5. The summed E-state index contributed by atoms with van der Waals surface area (Å²) in [6.07, 6.45) is 0. The van der Waals surface area contributed by atoms with E-state index in [1.165, 1.54) is 5.56 Å². The molecule has 0 spiro atoms. The number of ether oxygens (including phenoxy) is 1. The summed E-state index contributed by atoms with van der Waals surface area (Å²) in [4.78, 5) is 13.6. The second-order valence-corrected chi connectivity index (χ2v) is 4.85. The SMILES string of the molecule is COCc1cccc(CN2CCNCC2C(N)=O)c1. The largest absolute Gasteiger partial charge is 0.380 e. The van der Waals surface area contributed by atoms with Gasteiger partial charge in [-0.3, -0.25) is 9.69 Å². The lowest BCUT2D eigenvalue weighted by atomic mass is 10.1. The maximum Gasteiger partial charge on any atom is 0.236 e. The molecule has 1 fully saturated rings. The fourth-order valence-electron chi connectivity index (χ4n) is 2.44. The quantitative estimate of drug-likeness (QED) is 0.790. The number of hydrogen-bond donors (Lipinski definition) is 2. The van der Waals surface area contributed by atoms with Gasteiger partial charge in [0.25, 0.3) is 0 Å². The van der Waals surface area contributed by atoms with Crippen molar-refractivity contribution >= 4 is 5.91 Å². The first-order chi connectivity index (χ1) is 9.20. The Morgan fingerprint density at radius 1 is 1.53 bits per heavy atom. The minimum absolute atomic E-state index is 0.222. The van der Waals surface area contributed by atoms with Crippen molar-refractivity contribution in [2.45, 2.75) is 19.2 Å². The van der Waals surface area contributed by atoms with Crippen LogP contribution in [0.25, 0.3) is 0 Å². The molecule has 1 saturated heterocycles. The summed E-state index contributed by atoms with van der Waals surface area (Å²) >= 11 is 0. The van der Waals surface area contributed by atoms with E-state index >= 15 is 0 Å². The zero-order valence-electron chi connectivity index (χ0n) is 11.3.